The van der Waals surface area contributed by atoms with Crippen molar-refractivity contribution in [3.05, 3.63) is 70.5 Å². The Morgan fingerprint density at radius 2 is 1.72 bits per heavy atom. The molecule has 0 fully saturated rings. The highest BCUT2D eigenvalue weighted by Crippen LogP contribution is 2.35. The summed E-state index contributed by atoms with van der Waals surface area (Å²) in [5, 5.41) is 10.5. The van der Waals surface area contributed by atoms with Gasteiger partial charge in [-0.3, -0.25) is 0 Å². The minimum atomic E-state index is -0.957. The van der Waals surface area contributed by atoms with E-state index in [1.807, 2.05) is 37.3 Å². The molecule has 0 aliphatic carbocycles. The van der Waals surface area contributed by atoms with Crippen LogP contribution in [0.1, 0.15) is 30.1 Å². The monoisotopic (exact) mass is 264 g/mol. The van der Waals surface area contributed by atoms with Crippen molar-refractivity contribution in [1.29, 1.82) is 0 Å². The fraction of sp³-hybridized carbons (Fsp3) is 0.200. The van der Waals surface area contributed by atoms with Gasteiger partial charge < -0.3 is 5.11 Å². The third-order valence-electron chi connectivity index (χ3n) is 3.09. The lowest BCUT2D eigenvalue weighted by Gasteiger charge is -2.21. The normalized spacial score (nSPS) is 14.2. The smallest absolute Gasteiger partial charge is 0.130 e. The molecule has 0 heterocycles. The lowest BCUT2D eigenvalue weighted by Crippen LogP contribution is -2.10. The van der Waals surface area contributed by atoms with Crippen LogP contribution in [-0.2, 0) is 0 Å². The van der Waals surface area contributed by atoms with E-state index in [1.165, 1.54) is 12.1 Å². The first kappa shape index (κ1) is 13.1. The van der Waals surface area contributed by atoms with Crippen molar-refractivity contribution in [3.8, 4) is 0 Å². The minimum Gasteiger partial charge on any atom is -0.388 e. The van der Waals surface area contributed by atoms with Gasteiger partial charge in [0.25, 0.3) is 0 Å². The summed E-state index contributed by atoms with van der Waals surface area (Å²) < 4.78 is 13.7. The van der Waals surface area contributed by atoms with Crippen LogP contribution in [-0.4, -0.2) is 5.11 Å². The Labute approximate surface area is 111 Å². The summed E-state index contributed by atoms with van der Waals surface area (Å²) in [6.45, 7) is 1.85. The Kier molecular flexibility index (Phi) is 4.00. The molecule has 2 atom stereocenters. The summed E-state index contributed by atoms with van der Waals surface area (Å²) in [5.41, 5.74) is 1.11. The van der Waals surface area contributed by atoms with Crippen LogP contribution in [0.3, 0.4) is 0 Å². The van der Waals surface area contributed by atoms with Crippen LogP contribution in [0.4, 0.5) is 4.39 Å². The van der Waals surface area contributed by atoms with Crippen LogP contribution < -0.4 is 0 Å². The highest BCUT2D eigenvalue weighted by atomic mass is 35.5. The molecule has 0 aliphatic heterocycles. The van der Waals surface area contributed by atoms with Gasteiger partial charge in [-0.15, -0.1) is 0 Å². The summed E-state index contributed by atoms with van der Waals surface area (Å²) in [5.74, 6) is -0.696. The van der Waals surface area contributed by atoms with Gasteiger partial charge in [0.15, 0.2) is 0 Å². The maximum absolute atomic E-state index is 13.7. The molecule has 2 aromatic rings. The molecule has 2 rings (SSSR count). The molecule has 0 aromatic heterocycles. The second-order valence-corrected chi connectivity index (χ2v) is 4.69. The Hall–Kier alpha value is -1.38. The number of hydrogen-bond donors (Lipinski definition) is 1. The van der Waals surface area contributed by atoms with Gasteiger partial charge in [-0.1, -0.05) is 54.9 Å². The van der Waals surface area contributed by atoms with Crippen LogP contribution >= 0.6 is 11.6 Å². The second-order valence-electron chi connectivity index (χ2n) is 4.28. The van der Waals surface area contributed by atoms with Gasteiger partial charge in [0.2, 0.25) is 0 Å². The van der Waals surface area contributed by atoms with E-state index in [1.54, 1.807) is 6.07 Å². The predicted octanol–water partition coefficient (Wildman–Crippen LogP) is 4.32. The molecule has 18 heavy (non-hydrogen) atoms. The van der Waals surface area contributed by atoms with E-state index in [0.717, 1.165) is 5.56 Å². The van der Waals surface area contributed by atoms with Crippen LogP contribution in [0, 0.1) is 5.82 Å². The first-order valence-electron chi connectivity index (χ1n) is 5.78. The van der Waals surface area contributed by atoms with Crippen molar-refractivity contribution in [1.82, 2.24) is 0 Å². The van der Waals surface area contributed by atoms with Crippen molar-refractivity contribution < 1.29 is 9.50 Å². The van der Waals surface area contributed by atoms with Crippen molar-refractivity contribution in [2.75, 3.05) is 0 Å². The molecular weight excluding hydrogens is 251 g/mol. The molecule has 1 N–H and O–H groups in total. The van der Waals surface area contributed by atoms with Crippen molar-refractivity contribution >= 4 is 11.6 Å². The average molecular weight is 265 g/mol. The van der Waals surface area contributed by atoms with Crippen LogP contribution in [0.5, 0.6) is 0 Å². The molecule has 3 heteroatoms. The number of halogens is 2. The number of hydrogen-bond acceptors (Lipinski definition) is 1. The lowest BCUT2D eigenvalue weighted by molar-refractivity contribution is 0.147. The zero-order valence-corrected chi connectivity index (χ0v) is 10.7. The fourth-order valence-corrected chi connectivity index (χ4v) is 2.26. The lowest BCUT2D eigenvalue weighted by atomic mass is 9.90. The van der Waals surface area contributed by atoms with Gasteiger partial charge in [0, 0.05) is 16.5 Å². The Morgan fingerprint density at radius 1 is 1.06 bits per heavy atom. The molecule has 94 valence electrons. The van der Waals surface area contributed by atoms with E-state index in [0.29, 0.717) is 0 Å². The molecule has 0 radical (unpaired) electrons. The number of rotatable bonds is 3. The molecule has 2 aromatic carbocycles. The van der Waals surface area contributed by atoms with Gasteiger partial charge in [-0.25, -0.2) is 4.39 Å². The SMILES string of the molecule is CC(c1ccccc1)C(O)c1c(F)cccc1Cl. The number of aliphatic hydroxyl groups is 1. The topological polar surface area (TPSA) is 20.2 Å². The molecular formula is C15H14ClFO. The van der Waals surface area contributed by atoms with Gasteiger partial charge in [-0.05, 0) is 17.7 Å². The van der Waals surface area contributed by atoms with Crippen LogP contribution in [0.25, 0.3) is 0 Å². The predicted molar refractivity (Wildman–Crippen MR) is 71.2 cm³/mol. The highest BCUT2D eigenvalue weighted by Gasteiger charge is 2.23. The molecule has 0 spiro atoms. The Bertz CT molecular complexity index is 507. The Balaban J connectivity index is 2.34. The summed E-state index contributed by atoms with van der Waals surface area (Å²) >= 11 is 5.96. The van der Waals surface area contributed by atoms with Gasteiger partial charge in [-0.2, -0.15) is 0 Å². The van der Waals surface area contributed by atoms with E-state index in [4.69, 9.17) is 11.6 Å². The average Bonchev–Trinajstić information content (AvgIpc) is 2.38. The second kappa shape index (κ2) is 5.51. The number of benzene rings is 2. The molecule has 0 bridgehead atoms. The third kappa shape index (κ3) is 2.55. The van der Waals surface area contributed by atoms with E-state index in [-0.39, 0.29) is 16.5 Å². The molecule has 0 saturated heterocycles. The van der Waals surface area contributed by atoms with Crippen molar-refractivity contribution in [3.63, 3.8) is 0 Å². The first-order chi connectivity index (χ1) is 8.61. The fourth-order valence-electron chi connectivity index (χ4n) is 1.98. The zero-order valence-electron chi connectivity index (χ0n) is 9.98. The molecule has 0 aliphatic rings. The maximum Gasteiger partial charge on any atom is 0.130 e. The highest BCUT2D eigenvalue weighted by molar-refractivity contribution is 6.31. The quantitative estimate of drug-likeness (QED) is 0.876. The van der Waals surface area contributed by atoms with Crippen molar-refractivity contribution in [2.24, 2.45) is 0 Å². The summed E-state index contributed by atoms with van der Waals surface area (Å²) in [4.78, 5) is 0. The van der Waals surface area contributed by atoms with Gasteiger partial charge in [0.1, 0.15) is 5.82 Å². The van der Waals surface area contributed by atoms with Crippen molar-refractivity contribution in [2.45, 2.75) is 18.9 Å². The minimum absolute atomic E-state index is 0.163. The van der Waals surface area contributed by atoms with Gasteiger partial charge >= 0.3 is 0 Å². The molecule has 0 saturated carbocycles. The molecule has 1 nitrogen and oxygen atoms in total. The summed E-state index contributed by atoms with van der Waals surface area (Å²) in [7, 11) is 0. The van der Waals surface area contributed by atoms with E-state index >= 15 is 0 Å². The Morgan fingerprint density at radius 3 is 2.33 bits per heavy atom. The van der Waals surface area contributed by atoms with Crippen LogP contribution in [0.15, 0.2) is 48.5 Å². The van der Waals surface area contributed by atoms with Gasteiger partial charge in [0.05, 0.1) is 6.10 Å². The van der Waals surface area contributed by atoms with E-state index < -0.39 is 11.9 Å². The largest absolute Gasteiger partial charge is 0.388 e. The zero-order chi connectivity index (χ0) is 13.1. The maximum atomic E-state index is 13.7. The standard InChI is InChI=1S/C15H14ClFO/c1-10(11-6-3-2-4-7-11)15(18)14-12(16)8-5-9-13(14)17/h2-10,15,18H,1H3. The first-order valence-corrected chi connectivity index (χ1v) is 6.16. The third-order valence-corrected chi connectivity index (χ3v) is 3.42. The van der Waals surface area contributed by atoms with Crippen LogP contribution in [0.2, 0.25) is 5.02 Å². The summed E-state index contributed by atoms with van der Waals surface area (Å²) in [6.07, 6.45) is -0.957. The summed E-state index contributed by atoms with van der Waals surface area (Å²) in [6, 6.07) is 13.9. The number of aliphatic hydroxyl groups excluding tert-OH is 1. The molecule has 0 amide bonds. The van der Waals surface area contributed by atoms with E-state index in [2.05, 4.69) is 0 Å². The van der Waals surface area contributed by atoms with E-state index in [9.17, 15) is 9.50 Å². The molecule has 2 unspecified atom stereocenters.